The number of carbonyl (C=O) groups excluding carboxylic acids is 1. The summed E-state index contributed by atoms with van der Waals surface area (Å²) in [6, 6.07) is 2.57. The van der Waals surface area contributed by atoms with Gasteiger partial charge in [-0.05, 0) is 18.1 Å². The zero-order valence-corrected chi connectivity index (χ0v) is 9.58. The summed E-state index contributed by atoms with van der Waals surface area (Å²) in [5, 5.41) is 10.7. The summed E-state index contributed by atoms with van der Waals surface area (Å²) in [4.78, 5) is 21.4. The molecule has 1 rings (SSSR count). The van der Waals surface area contributed by atoms with Crippen molar-refractivity contribution < 1.29 is 14.5 Å². The fourth-order valence-corrected chi connectivity index (χ4v) is 1.59. The summed E-state index contributed by atoms with van der Waals surface area (Å²) in [5.41, 5.74) is 0.516. The van der Waals surface area contributed by atoms with E-state index in [1.54, 1.807) is 0 Å². The number of esters is 1. The van der Waals surface area contributed by atoms with Crippen LogP contribution in [0.25, 0.3) is 0 Å². The van der Waals surface area contributed by atoms with Crippen molar-refractivity contribution in [1.29, 1.82) is 0 Å². The van der Waals surface area contributed by atoms with E-state index in [9.17, 15) is 14.9 Å². The largest absolute Gasteiger partial charge is 0.465 e. The van der Waals surface area contributed by atoms with Gasteiger partial charge in [0.2, 0.25) is 0 Å². The topological polar surface area (TPSA) is 69.4 Å². The van der Waals surface area contributed by atoms with Crippen LogP contribution in [-0.2, 0) is 11.2 Å². The molecule has 0 aromatic heterocycles. The van der Waals surface area contributed by atoms with E-state index >= 15 is 0 Å². The molecule has 1 aromatic carbocycles. The molecule has 0 aliphatic carbocycles. The van der Waals surface area contributed by atoms with Crippen LogP contribution in [-0.4, -0.2) is 18.0 Å². The molecule has 1 aromatic rings. The highest BCUT2D eigenvalue weighted by molar-refractivity contribution is 6.32. The maximum atomic E-state index is 11.4. The van der Waals surface area contributed by atoms with Gasteiger partial charge in [0.15, 0.2) is 0 Å². The maximum absolute atomic E-state index is 11.4. The van der Waals surface area contributed by atoms with Crippen LogP contribution in [0, 0.1) is 10.1 Å². The van der Waals surface area contributed by atoms with E-state index < -0.39 is 10.9 Å². The Morgan fingerprint density at radius 3 is 2.62 bits per heavy atom. The number of methoxy groups -OCH3 is 1. The molecule has 0 amide bonds. The summed E-state index contributed by atoms with van der Waals surface area (Å²) in [7, 11) is 1.22. The SMILES string of the molecule is CCc1cc(Cl)c([N+](=O)[O-])cc1C(=O)OC. The Morgan fingerprint density at radius 2 is 2.19 bits per heavy atom. The number of hydrogen-bond donors (Lipinski definition) is 0. The monoisotopic (exact) mass is 243 g/mol. The molecule has 6 heteroatoms. The number of halogens is 1. The second-order valence-electron chi connectivity index (χ2n) is 3.06. The number of benzene rings is 1. The van der Waals surface area contributed by atoms with Crippen molar-refractivity contribution in [2.24, 2.45) is 0 Å². The molecular weight excluding hydrogens is 234 g/mol. The van der Waals surface area contributed by atoms with E-state index in [1.807, 2.05) is 6.92 Å². The van der Waals surface area contributed by atoms with Crippen molar-refractivity contribution >= 4 is 23.3 Å². The Balaban J connectivity index is 3.40. The van der Waals surface area contributed by atoms with Crippen LogP contribution in [0.1, 0.15) is 22.8 Å². The summed E-state index contributed by atoms with van der Waals surface area (Å²) < 4.78 is 4.55. The first-order valence-electron chi connectivity index (χ1n) is 4.56. The van der Waals surface area contributed by atoms with Gasteiger partial charge in [-0.15, -0.1) is 0 Å². The lowest BCUT2D eigenvalue weighted by Gasteiger charge is -2.06. The Kier molecular flexibility index (Phi) is 3.84. The van der Waals surface area contributed by atoms with Crippen LogP contribution in [0.4, 0.5) is 5.69 Å². The van der Waals surface area contributed by atoms with E-state index in [0.717, 1.165) is 6.07 Å². The van der Waals surface area contributed by atoms with Gasteiger partial charge in [-0.25, -0.2) is 4.79 Å². The quantitative estimate of drug-likeness (QED) is 0.465. The summed E-state index contributed by atoms with van der Waals surface area (Å²) in [5.74, 6) is -0.600. The number of rotatable bonds is 3. The lowest BCUT2D eigenvalue weighted by atomic mass is 10.0. The zero-order chi connectivity index (χ0) is 12.3. The first-order valence-corrected chi connectivity index (χ1v) is 4.94. The van der Waals surface area contributed by atoms with Crippen LogP contribution >= 0.6 is 11.6 Å². The molecule has 0 fully saturated rings. The standard InChI is InChI=1S/C10H10ClNO4/c1-3-6-4-8(11)9(12(14)15)5-7(6)10(13)16-2/h4-5H,3H2,1-2H3. The van der Waals surface area contributed by atoms with Gasteiger partial charge >= 0.3 is 5.97 Å². The minimum atomic E-state index is -0.631. The molecule has 0 saturated heterocycles. The molecular formula is C10H10ClNO4. The molecule has 0 aliphatic heterocycles. The summed E-state index contributed by atoms with van der Waals surface area (Å²) in [6.07, 6.45) is 0.544. The second-order valence-corrected chi connectivity index (χ2v) is 3.47. The van der Waals surface area contributed by atoms with Gasteiger partial charge in [0.25, 0.3) is 5.69 Å². The minimum Gasteiger partial charge on any atom is -0.465 e. The van der Waals surface area contributed by atoms with Crippen LogP contribution in [0.3, 0.4) is 0 Å². The van der Waals surface area contributed by atoms with Gasteiger partial charge < -0.3 is 4.74 Å². The smallest absolute Gasteiger partial charge is 0.338 e. The fraction of sp³-hybridized carbons (Fsp3) is 0.300. The van der Waals surface area contributed by atoms with Crippen molar-refractivity contribution in [3.63, 3.8) is 0 Å². The molecule has 0 spiro atoms. The predicted octanol–water partition coefficient (Wildman–Crippen LogP) is 2.60. The van der Waals surface area contributed by atoms with E-state index in [-0.39, 0.29) is 16.3 Å². The third-order valence-electron chi connectivity index (χ3n) is 2.16. The highest BCUT2D eigenvalue weighted by atomic mass is 35.5. The average molecular weight is 244 g/mol. The fourth-order valence-electron chi connectivity index (χ4n) is 1.34. The lowest BCUT2D eigenvalue weighted by Crippen LogP contribution is -2.06. The van der Waals surface area contributed by atoms with Gasteiger partial charge in [0.05, 0.1) is 17.6 Å². The van der Waals surface area contributed by atoms with Crippen LogP contribution in [0.15, 0.2) is 12.1 Å². The number of ether oxygens (including phenoxy) is 1. The van der Waals surface area contributed by atoms with Gasteiger partial charge in [-0.2, -0.15) is 0 Å². The van der Waals surface area contributed by atoms with Crippen molar-refractivity contribution in [2.45, 2.75) is 13.3 Å². The number of aryl methyl sites for hydroxylation is 1. The van der Waals surface area contributed by atoms with Crippen molar-refractivity contribution in [2.75, 3.05) is 7.11 Å². The van der Waals surface area contributed by atoms with Gasteiger partial charge in [0, 0.05) is 6.07 Å². The van der Waals surface area contributed by atoms with Gasteiger partial charge in [-0.1, -0.05) is 18.5 Å². The molecule has 0 unspecified atom stereocenters. The van der Waals surface area contributed by atoms with Crippen molar-refractivity contribution in [1.82, 2.24) is 0 Å². The van der Waals surface area contributed by atoms with Crippen LogP contribution < -0.4 is 0 Å². The molecule has 0 N–H and O–H groups in total. The molecule has 0 aliphatic rings. The molecule has 86 valence electrons. The molecule has 0 bridgehead atoms. The molecule has 0 radical (unpaired) electrons. The van der Waals surface area contributed by atoms with E-state index in [2.05, 4.69) is 4.74 Å². The molecule has 0 atom stereocenters. The van der Waals surface area contributed by atoms with Crippen LogP contribution in [0.2, 0.25) is 5.02 Å². The van der Waals surface area contributed by atoms with Gasteiger partial charge in [0.1, 0.15) is 5.02 Å². The minimum absolute atomic E-state index is 0.0227. The van der Waals surface area contributed by atoms with Crippen LogP contribution in [0.5, 0.6) is 0 Å². The number of hydrogen-bond acceptors (Lipinski definition) is 4. The molecule has 0 saturated carbocycles. The van der Waals surface area contributed by atoms with E-state index in [0.29, 0.717) is 12.0 Å². The number of nitrogens with zero attached hydrogens (tertiary/aromatic N) is 1. The van der Waals surface area contributed by atoms with E-state index in [1.165, 1.54) is 13.2 Å². The zero-order valence-electron chi connectivity index (χ0n) is 8.82. The first kappa shape index (κ1) is 12.4. The van der Waals surface area contributed by atoms with Crippen molar-refractivity contribution in [3.8, 4) is 0 Å². The summed E-state index contributed by atoms with van der Waals surface area (Å²) >= 11 is 5.73. The highest BCUT2D eigenvalue weighted by Crippen LogP contribution is 2.28. The number of nitro groups is 1. The van der Waals surface area contributed by atoms with Gasteiger partial charge in [-0.3, -0.25) is 10.1 Å². The molecule has 0 heterocycles. The second kappa shape index (κ2) is 4.94. The molecule has 5 nitrogen and oxygen atoms in total. The Bertz CT molecular complexity index is 445. The average Bonchev–Trinajstić information content (AvgIpc) is 2.27. The third kappa shape index (κ3) is 2.30. The Labute approximate surface area is 97.1 Å². The normalized spacial score (nSPS) is 9.94. The summed E-state index contributed by atoms with van der Waals surface area (Å²) in [6.45, 7) is 1.82. The number of nitro benzene ring substituents is 1. The Morgan fingerprint density at radius 1 is 1.56 bits per heavy atom. The molecule has 16 heavy (non-hydrogen) atoms. The van der Waals surface area contributed by atoms with Crippen molar-refractivity contribution in [3.05, 3.63) is 38.4 Å². The highest BCUT2D eigenvalue weighted by Gasteiger charge is 2.20. The predicted molar refractivity (Wildman–Crippen MR) is 58.8 cm³/mol. The lowest BCUT2D eigenvalue weighted by molar-refractivity contribution is -0.384. The third-order valence-corrected chi connectivity index (χ3v) is 2.46. The maximum Gasteiger partial charge on any atom is 0.338 e. The number of carbonyl (C=O) groups is 1. The first-order chi connectivity index (χ1) is 7.51. The van der Waals surface area contributed by atoms with E-state index in [4.69, 9.17) is 11.6 Å². The Hall–Kier alpha value is -1.62.